The monoisotopic (exact) mass is 230 g/mol. The summed E-state index contributed by atoms with van der Waals surface area (Å²) in [5.41, 5.74) is 1.62. The normalized spacial score (nSPS) is 14.9. The van der Waals surface area contributed by atoms with Gasteiger partial charge in [-0.3, -0.25) is 0 Å². The smallest absolute Gasteiger partial charge is 0.106 e. The van der Waals surface area contributed by atoms with Crippen LogP contribution in [0.3, 0.4) is 0 Å². The Bertz CT molecular complexity index is 286. The van der Waals surface area contributed by atoms with Gasteiger partial charge in [-0.2, -0.15) is 0 Å². The lowest BCUT2D eigenvalue weighted by Gasteiger charge is -2.15. The van der Waals surface area contributed by atoms with Crippen molar-refractivity contribution in [1.82, 2.24) is 0 Å². The first kappa shape index (κ1) is 12.5. The molecular formula is C11H15ClO3. The van der Waals surface area contributed by atoms with Crippen molar-refractivity contribution < 1.29 is 15.3 Å². The fraction of sp³-hybridized carbons (Fsp3) is 0.455. The van der Waals surface area contributed by atoms with Crippen LogP contribution in [0.25, 0.3) is 0 Å². The second kappa shape index (κ2) is 6.08. The zero-order chi connectivity index (χ0) is 11.3. The molecule has 2 atom stereocenters. The Labute approximate surface area is 93.9 Å². The number of aliphatic hydroxyl groups excluding tert-OH is 3. The van der Waals surface area contributed by atoms with E-state index in [0.717, 1.165) is 5.56 Å². The summed E-state index contributed by atoms with van der Waals surface area (Å²) >= 11 is 5.43. The van der Waals surface area contributed by atoms with Crippen molar-refractivity contribution in [2.75, 3.05) is 12.5 Å². The number of halogens is 1. The third-order valence-electron chi connectivity index (χ3n) is 2.24. The third-order valence-corrected chi connectivity index (χ3v) is 2.56. The van der Waals surface area contributed by atoms with Crippen molar-refractivity contribution in [3.8, 4) is 0 Å². The van der Waals surface area contributed by atoms with E-state index in [1.54, 1.807) is 12.1 Å². The second-order valence-corrected chi connectivity index (χ2v) is 3.69. The first-order valence-corrected chi connectivity index (χ1v) is 5.34. The van der Waals surface area contributed by atoms with Crippen LogP contribution in [0.1, 0.15) is 17.2 Å². The van der Waals surface area contributed by atoms with E-state index in [2.05, 4.69) is 0 Å². The highest BCUT2D eigenvalue weighted by atomic mass is 35.5. The molecule has 0 aromatic heterocycles. The SMILES string of the molecule is OCCc1ccc(C(O)C(O)CCl)cc1. The Morgan fingerprint density at radius 3 is 2.20 bits per heavy atom. The van der Waals surface area contributed by atoms with Gasteiger partial charge in [-0.1, -0.05) is 24.3 Å². The molecule has 1 rings (SSSR count). The van der Waals surface area contributed by atoms with E-state index in [1.165, 1.54) is 0 Å². The fourth-order valence-electron chi connectivity index (χ4n) is 1.32. The van der Waals surface area contributed by atoms with Gasteiger partial charge in [0, 0.05) is 6.61 Å². The molecule has 3 N–H and O–H groups in total. The lowest BCUT2D eigenvalue weighted by Crippen LogP contribution is -2.19. The van der Waals surface area contributed by atoms with E-state index >= 15 is 0 Å². The van der Waals surface area contributed by atoms with Gasteiger partial charge in [0.15, 0.2) is 0 Å². The zero-order valence-corrected chi connectivity index (χ0v) is 9.06. The molecule has 2 unspecified atom stereocenters. The molecule has 0 spiro atoms. The molecule has 1 aromatic rings. The maximum atomic E-state index is 9.63. The van der Waals surface area contributed by atoms with E-state index in [0.29, 0.717) is 12.0 Å². The highest BCUT2D eigenvalue weighted by Gasteiger charge is 2.16. The minimum absolute atomic E-state index is 0.000438. The molecule has 4 heteroatoms. The molecule has 0 fully saturated rings. The second-order valence-electron chi connectivity index (χ2n) is 3.38. The highest BCUT2D eigenvalue weighted by Crippen LogP contribution is 2.18. The van der Waals surface area contributed by atoms with Gasteiger partial charge in [-0.15, -0.1) is 11.6 Å². The van der Waals surface area contributed by atoms with E-state index in [9.17, 15) is 10.2 Å². The Hall–Kier alpha value is -0.610. The molecule has 0 bridgehead atoms. The Morgan fingerprint density at radius 1 is 1.13 bits per heavy atom. The van der Waals surface area contributed by atoms with Crippen molar-refractivity contribution in [2.24, 2.45) is 0 Å². The summed E-state index contributed by atoms with van der Waals surface area (Å²) in [7, 11) is 0. The van der Waals surface area contributed by atoms with Gasteiger partial charge in [0.1, 0.15) is 6.10 Å². The van der Waals surface area contributed by atoms with Gasteiger partial charge in [0.2, 0.25) is 0 Å². The topological polar surface area (TPSA) is 60.7 Å². The standard InChI is InChI=1S/C11H15ClO3/c12-7-10(14)11(15)9-3-1-8(2-4-9)5-6-13/h1-4,10-11,13-15H,5-7H2. The summed E-state index contributed by atoms with van der Waals surface area (Å²) in [6, 6.07) is 7.09. The molecule has 0 aliphatic heterocycles. The van der Waals surface area contributed by atoms with E-state index in [-0.39, 0.29) is 12.5 Å². The minimum Gasteiger partial charge on any atom is -0.396 e. The number of alkyl halides is 1. The fourth-order valence-corrected chi connectivity index (χ4v) is 1.49. The molecule has 15 heavy (non-hydrogen) atoms. The lowest BCUT2D eigenvalue weighted by atomic mass is 10.0. The molecule has 3 nitrogen and oxygen atoms in total. The average molecular weight is 231 g/mol. The summed E-state index contributed by atoms with van der Waals surface area (Å²) in [5.74, 6) is -0.000438. The molecule has 0 aliphatic carbocycles. The maximum absolute atomic E-state index is 9.63. The molecule has 0 heterocycles. The van der Waals surface area contributed by atoms with E-state index in [1.807, 2.05) is 12.1 Å². The highest BCUT2D eigenvalue weighted by molar-refractivity contribution is 6.18. The first-order valence-electron chi connectivity index (χ1n) is 4.81. The van der Waals surface area contributed by atoms with Crippen LogP contribution in [0.2, 0.25) is 0 Å². The number of benzene rings is 1. The van der Waals surface area contributed by atoms with E-state index < -0.39 is 12.2 Å². The number of hydrogen-bond donors (Lipinski definition) is 3. The Kier molecular flexibility index (Phi) is 5.05. The molecule has 0 radical (unpaired) electrons. The van der Waals surface area contributed by atoms with Crippen LogP contribution < -0.4 is 0 Å². The van der Waals surface area contributed by atoms with E-state index in [4.69, 9.17) is 16.7 Å². The lowest BCUT2D eigenvalue weighted by molar-refractivity contribution is 0.0327. The predicted molar refractivity (Wildman–Crippen MR) is 58.9 cm³/mol. The van der Waals surface area contributed by atoms with Crippen molar-refractivity contribution in [2.45, 2.75) is 18.6 Å². The minimum atomic E-state index is -0.953. The molecule has 84 valence electrons. The summed E-state index contributed by atoms with van der Waals surface area (Å²) in [6.45, 7) is 0.103. The van der Waals surface area contributed by atoms with Crippen LogP contribution in [0, 0.1) is 0 Å². The summed E-state index contributed by atoms with van der Waals surface area (Å²) < 4.78 is 0. The van der Waals surface area contributed by atoms with Crippen LogP contribution in [-0.2, 0) is 6.42 Å². The summed E-state index contributed by atoms with van der Waals surface area (Å²) in [6.07, 6.45) is -1.31. The third kappa shape index (κ3) is 3.47. The molecule has 0 saturated carbocycles. The molecule has 1 aromatic carbocycles. The van der Waals surface area contributed by atoms with Crippen LogP contribution in [-0.4, -0.2) is 33.9 Å². The summed E-state index contributed by atoms with van der Waals surface area (Å²) in [5, 5.41) is 27.7. The van der Waals surface area contributed by atoms with Crippen LogP contribution in [0.5, 0.6) is 0 Å². The van der Waals surface area contributed by atoms with Gasteiger partial charge < -0.3 is 15.3 Å². The number of aliphatic hydroxyl groups is 3. The quantitative estimate of drug-likeness (QED) is 0.658. The van der Waals surface area contributed by atoms with Crippen molar-refractivity contribution in [3.05, 3.63) is 35.4 Å². The number of rotatable bonds is 5. The van der Waals surface area contributed by atoms with Gasteiger partial charge in [-0.05, 0) is 17.5 Å². The molecule has 0 amide bonds. The van der Waals surface area contributed by atoms with Gasteiger partial charge in [0.05, 0.1) is 12.0 Å². The molecule has 0 saturated heterocycles. The molecular weight excluding hydrogens is 216 g/mol. The Balaban J connectivity index is 2.70. The van der Waals surface area contributed by atoms with Gasteiger partial charge >= 0.3 is 0 Å². The Morgan fingerprint density at radius 2 is 1.73 bits per heavy atom. The molecule has 0 aliphatic rings. The average Bonchev–Trinajstić information content (AvgIpc) is 2.28. The predicted octanol–water partition coefficient (Wildman–Crippen LogP) is 0.854. The van der Waals surface area contributed by atoms with Crippen molar-refractivity contribution in [3.63, 3.8) is 0 Å². The summed E-state index contributed by atoms with van der Waals surface area (Å²) in [4.78, 5) is 0. The zero-order valence-electron chi connectivity index (χ0n) is 8.31. The van der Waals surface area contributed by atoms with Crippen molar-refractivity contribution in [1.29, 1.82) is 0 Å². The van der Waals surface area contributed by atoms with Crippen LogP contribution in [0.4, 0.5) is 0 Å². The van der Waals surface area contributed by atoms with Crippen LogP contribution >= 0.6 is 11.6 Å². The largest absolute Gasteiger partial charge is 0.396 e. The van der Waals surface area contributed by atoms with Crippen molar-refractivity contribution >= 4 is 11.6 Å². The van der Waals surface area contributed by atoms with Gasteiger partial charge in [-0.25, -0.2) is 0 Å². The first-order chi connectivity index (χ1) is 7.19. The maximum Gasteiger partial charge on any atom is 0.106 e. The number of hydrogen-bond acceptors (Lipinski definition) is 3. The van der Waals surface area contributed by atoms with Crippen LogP contribution in [0.15, 0.2) is 24.3 Å². The van der Waals surface area contributed by atoms with Gasteiger partial charge in [0.25, 0.3) is 0 Å².